The van der Waals surface area contributed by atoms with Gasteiger partial charge in [0.15, 0.2) is 0 Å². The van der Waals surface area contributed by atoms with Crippen LogP contribution in [0, 0.1) is 0 Å². The molecule has 2 aromatic carbocycles. The van der Waals surface area contributed by atoms with Gasteiger partial charge in [-0.1, -0.05) is 48.0 Å². The zero-order valence-electron chi connectivity index (χ0n) is 12.0. The molecule has 0 aliphatic heterocycles. The maximum atomic E-state index is 12.4. The highest BCUT2D eigenvalue weighted by atomic mass is 79.9. The molecule has 0 saturated heterocycles. The van der Waals surface area contributed by atoms with E-state index in [1.54, 1.807) is 30.3 Å². The van der Waals surface area contributed by atoms with Crippen LogP contribution in [0.15, 0.2) is 57.9 Å². The van der Waals surface area contributed by atoms with Crippen molar-refractivity contribution in [1.82, 2.24) is 0 Å². The molecule has 5 heteroatoms. The maximum absolute atomic E-state index is 12.4. The Balaban J connectivity index is 2.35. The first-order valence-corrected chi connectivity index (χ1v) is 9.09. The molecule has 0 heterocycles. The number of sulfonamides is 1. The van der Waals surface area contributed by atoms with Crippen LogP contribution in [0.4, 0.5) is 5.69 Å². The van der Waals surface area contributed by atoms with Crippen LogP contribution >= 0.6 is 15.9 Å². The fraction of sp³-hybridized carbons (Fsp3) is 0.250. The lowest BCUT2D eigenvalue weighted by molar-refractivity contribution is 0.601. The number of anilines is 1. The van der Waals surface area contributed by atoms with Crippen LogP contribution in [0.2, 0.25) is 0 Å². The molecule has 0 radical (unpaired) electrons. The minimum Gasteiger partial charge on any atom is -0.279 e. The highest BCUT2D eigenvalue weighted by Gasteiger charge is 2.17. The van der Waals surface area contributed by atoms with Crippen molar-refractivity contribution in [2.75, 3.05) is 4.72 Å². The van der Waals surface area contributed by atoms with Crippen molar-refractivity contribution in [3.8, 4) is 0 Å². The fourth-order valence-electron chi connectivity index (χ4n) is 2.06. The summed E-state index contributed by atoms with van der Waals surface area (Å²) in [7, 11) is -3.57. The van der Waals surface area contributed by atoms with Crippen molar-refractivity contribution < 1.29 is 8.42 Å². The van der Waals surface area contributed by atoms with Gasteiger partial charge < -0.3 is 0 Å². The number of nitrogens with one attached hydrogen (secondary N) is 1. The predicted molar refractivity (Wildman–Crippen MR) is 90.1 cm³/mol. The maximum Gasteiger partial charge on any atom is 0.261 e. The molecule has 2 rings (SSSR count). The molecular formula is C16H18BrNO2S. The lowest BCUT2D eigenvalue weighted by Gasteiger charge is -2.16. The van der Waals surface area contributed by atoms with Crippen LogP contribution in [0.5, 0.6) is 0 Å². The van der Waals surface area contributed by atoms with E-state index in [-0.39, 0.29) is 4.90 Å². The largest absolute Gasteiger partial charge is 0.279 e. The summed E-state index contributed by atoms with van der Waals surface area (Å²) < 4.78 is 28.4. The smallest absolute Gasteiger partial charge is 0.261 e. The molecule has 21 heavy (non-hydrogen) atoms. The second-order valence-corrected chi connectivity index (χ2v) is 7.55. The Morgan fingerprint density at radius 2 is 1.71 bits per heavy atom. The lowest BCUT2D eigenvalue weighted by Crippen LogP contribution is -2.14. The molecule has 0 aliphatic carbocycles. The van der Waals surface area contributed by atoms with Crippen LogP contribution in [0.25, 0.3) is 0 Å². The van der Waals surface area contributed by atoms with E-state index in [0.717, 1.165) is 16.5 Å². The Morgan fingerprint density at radius 1 is 1.10 bits per heavy atom. The van der Waals surface area contributed by atoms with E-state index in [2.05, 4.69) is 34.5 Å². The van der Waals surface area contributed by atoms with Crippen LogP contribution in [-0.4, -0.2) is 8.42 Å². The molecule has 0 amide bonds. The molecule has 0 saturated carbocycles. The Morgan fingerprint density at radius 3 is 2.33 bits per heavy atom. The topological polar surface area (TPSA) is 46.2 Å². The van der Waals surface area contributed by atoms with E-state index in [0.29, 0.717) is 11.6 Å². The molecule has 0 bridgehead atoms. The van der Waals surface area contributed by atoms with Gasteiger partial charge in [0.05, 0.1) is 10.6 Å². The molecule has 0 spiro atoms. The Hall–Kier alpha value is -1.33. The normalized spacial score (nSPS) is 12.9. The van der Waals surface area contributed by atoms with Crippen molar-refractivity contribution in [1.29, 1.82) is 0 Å². The molecule has 3 nitrogen and oxygen atoms in total. The minimum atomic E-state index is -3.57. The number of hydrogen-bond donors (Lipinski definition) is 1. The minimum absolute atomic E-state index is 0.254. The van der Waals surface area contributed by atoms with E-state index < -0.39 is 10.0 Å². The lowest BCUT2D eigenvalue weighted by atomic mass is 9.97. The van der Waals surface area contributed by atoms with Crippen LogP contribution in [0.3, 0.4) is 0 Å². The van der Waals surface area contributed by atoms with Crippen molar-refractivity contribution in [3.05, 3.63) is 58.6 Å². The molecule has 1 atom stereocenters. The Bertz CT molecular complexity index is 711. The summed E-state index contributed by atoms with van der Waals surface area (Å²) in [5.41, 5.74) is 1.66. The zero-order chi connectivity index (χ0) is 15.5. The first-order chi connectivity index (χ1) is 9.94. The van der Waals surface area contributed by atoms with E-state index in [1.807, 2.05) is 18.2 Å². The van der Waals surface area contributed by atoms with Crippen molar-refractivity contribution in [2.24, 2.45) is 0 Å². The number of benzene rings is 2. The third kappa shape index (κ3) is 3.86. The van der Waals surface area contributed by atoms with Gasteiger partial charge in [0.1, 0.15) is 0 Å². The molecule has 1 N–H and O–H groups in total. The van der Waals surface area contributed by atoms with Gasteiger partial charge in [-0.3, -0.25) is 4.72 Å². The summed E-state index contributed by atoms with van der Waals surface area (Å²) in [5.74, 6) is 0.300. The van der Waals surface area contributed by atoms with Gasteiger partial charge in [-0.25, -0.2) is 8.42 Å². The molecule has 0 aromatic heterocycles. The molecular weight excluding hydrogens is 350 g/mol. The van der Waals surface area contributed by atoms with Crippen LogP contribution < -0.4 is 4.72 Å². The van der Waals surface area contributed by atoms with Gasteiger partial charge in [0.25, 0.3) is 10.0 Å². The van der Waals surface area contributed by atoms with E-state index in [1.165, 1.54) is 0 Å². The first-order valence-electron chi connectivity index (χ1n) is 6.81. The predicted octanol–water partition coefficient (Wildman–Crippen LogP) is 4.76. The Kier molecular flexibility index (Phi) is 5.06. The third-order valence-corrected chi connectivity index (χ3v) is 5.38. The summed E-state index contributed by atoms with van der Waals surface area (Å²) in [6, 6.07) is 14.1. The number of para-hydroxylation sites is 1. The number of rotatable bonds is 5. The molecule has 1 unspecified atom stereocenters. The van der Waals surface area contributed by atoms with Gasteiger partial charge in [0, 0.05) is 4.47 Å². The van der Waals surface area contributed by atoms with Crippen molar-refractivity contribution >= 4 is 31.6 Å². The molecule has 0 aliphatic rings. The van der Waals surface area contributed by atoms with Crippen LogP contribution in [0.1, 0.15) is 31.7 Å². The summed E-state index contributed by atoms with van der Waals surface area (Å²) in [5, 5.41) is 0. The summed E-state index contributed by atoms with van der Waals surface area (Å²) in [4.78, 5) is 0.254. The fourth-order valence-corrected chi connectivity index (χ4v) is 3.41. The average Bonchev–Trinajstić information content (AvgIpc) is 2.47. The van der Waals surface area contributed by atoms with Crippen molar-refractivity contribution in [3.63, 3.8) is 0 Å². The van der Waals surface area contributed by atoms with Gasteiger partial charge in [-0.05, 0) is 48.2 Å². The second kappa shape index (κ2) is 6.62. The van der Waals surface area contributed by atoms with E-state index in [4.69, 9.17) is 0 Å². The molecule has 2 aromatic rings. The average molecular weight is 368 g/mol. The standard InChI is InChI=1S/C16H18BrNO2S/c1-3-12(2)15-6-4-5-7-16(15)18-21(19,20)14-10-8-13(17)9-11-14/h4-12,18H,3H2,1-2H3. The quantitative estimate of drug-likeness (QED) is 0.827. The van der Waals surface area contributed by atoms with Gasteiger partial charge in [0.2, 0.25) is 0 Å². The van der Waals surface area contributed by atoms with E-state index >= 15 is 0 Å². The second-order valence-electron chi connectivity index (χ2n) is 4.96. The summed E-state index contributed by atoms with van der Waals surface area (Å²) in [6.45, 7) is 4.18. The highest BCUT2D eigenvalue weighted by Crippen LogP contribution is 2.28. The monoisotopic (exact) mass is 367 g/mol. The van der Waals surface area contributed by atoms with Gasteiger partial charge >= 0.3 is 0 Å². The Labute approximate surface area is 134 Å². The molecule has 0 fully saturated rings. The van der Waals surface area contributed by atoms with Crippen LogP contribution in [-0.2, 0) is 10.0 Å². The first kappa shape index (κ1) is 16.0. The summed E-state index contributed by atoms with van der Waals surface area (Å²) >= 11 is 3.30. The third-order valence-electron chi connectivity index (χ3n) is 3.47. The van der Waals surface area contributed by atoms with Gasteiger partial charge in [-0.15, -0.1) is 0 Å². The number of hydrogen-bond acceptors (Lipinski definition) is 2. The SMILES string of the molecule is CCC(C)c1ccccc1NS(=O)(=O)c1ccc(Br)cc1. The number of halogens is 1. The van der Waals surface area contributed by atoms with Crippen molar-refractivity contribution in [2.45, 2.75) is 31.1 Å². The summed E-state index contributed by atoms with van der Waals surface area (Å²) in [6.07, 6.45) is 0.955. The molecule has 112 valence electrons. The van der Waals surface area contributed by atoms with E-state index in [9.17, 15) is 8.42 Å². The highest BCUT2D eigenvalue weighted by molar-refractivity contribution is 9.10. The zero-order valence-corrected chi connectivity index (χ0v) is 14.4. The van der Waals surface area contributed by atoms with Gasteiger partial charge in [-0.2, -0.15) is 0 Å².